The van der Waals surface area contributed by atoms with E-state index in [1.165, 1.54) is 0 Å². The second-order valence-corrected chi connectivity index (χ2v) is 5.36. The smallest absolute Gasteiger partial charge is 0.334 e. The van der Waals surface area contributed by atoms with Crippen LogP contribution in [0.1, 0.15) is 25.8 Å². The second-order valence-electron chi connectivity index (χ2n) is 5.36. The van der Waals surface area contributed by atoms with Crippen LogP contribution in [-0.2, 0) is 20.9 Å². The summed E-state index contributed by atoms with van der Waals surface area (Å²) in [6.45, 7) is 4.14. The van der Waals surface area contributed by atoms with Crippen molar-refractivity contribution in [3.8, 4) is 0 Å². The zero-order valence-corrected chi connectivity index (χ0v) is 11.9. The SMILES string of the molecule is CC(C)=C1CC(CO)(COCc2ccccc2)OC1=O. The van der Waals surface area contributed by atoms with Crippen LogP contribution in [0.2, 0.25) is 0 Å². The highest BCUT2D eigenvalue weighted by atomic mass is 16.6. The zero-order valence-electron chi connectivity index (χ0n) is 11.9. The summed E-state index contributed by atoms with van der Waals surface area (Å²) in [5.41, 5.74) is 1.68. The van der Waals surface area contributed by atoms with Gasteiger partial charge in [0.2, 0.25) is 0 Å². The molecule has 1 aromatic carbocycles. The van der Waals surface area contributed by atoms with Crippen molar-refractivity contribution in [2.24, 2.45) is 0 Å². The monoisotopic (exact) mass is 276 g/mol. The molecule has 0 saturated carbocycles. The molecule has 0 aromatic heterocycles. The van der Waals surface area contributed by atoms with Crippen LogP contribution >= 0.6 is 0 Å². The zero-order chi connectivity index (χ0) is 14.6. The minimum Gasteiger partial charge on any atom is -0.450 e. The summed E-state index contributed by atoms with van der Waals surface area (Å²) >= 11 is 0. The normalized spacial score (nSPS) is 21.9. The van der Waals surface area contributed by atoms with Gasteiger partial charge in [0, 0.05) is 12.0 Å². The Bertz CT molecular complexity index is 502. The average molecular weight is 276 g/mol. The number of carbonyl (C=O) groups excluding carboxylic acids is 1. The largest absolute Gasteiger partial charge is 0.450 e. The molecule has 0 amide bonds. The van der Waals surface area contributed by atoms with Crippen LogP contribution in [0.15, 0.2) is 41.5 Å². The Kier molecular flexibility index (Phi) is 4.57. The van der Waals surface area contributed by atoms with Crippen molar-refractivity contribution >= 4 is 5.97 Å². The molecule has 0 radical (unpaired) electrons. The van der Waals surface area contributed by atoms with Gasteiger partial charge in [-0.1, -0.05) is 35.9 Å². The first-order valence-electron chi connectivity index (χ1n) is 6.68. The molecule has 20 heavy (non-hydrogen) atoms. The second kappa shape index (κ2) is 6.20. The molecule has 4 heteroatoms. The molecule has 4 nitrogen and oxygen atoms in total. The van der Waals surface area contributed by atoms with Crippen molar-refractivity contribution in [1.82, 2.24) is 0 Å². The molecular formula is C16H20O4. The molecule has 1 aromatic rings. The lowest BCUT2D eigenvalue weighted by molar-refractivity contribution is -0.157. The predicted octanol–water partition coefficient (Wildman–Crippen LogP) is 2.22. The van der Waals surface area contributed by atoms with E-state index >= 15 is 0 Å². The van der Waals surface area contributed by atoms with Gasteiger partial charge >= 0.3 is 5.97 Å². The standard InChI is InChI=1S/C16H20O4/c1-12(2)14-8-16(10-17,20-15(14)18)11-19-9-13-6-4-3-5-7-13/h3-7,17H,8-11H2,1-2H3. The minimum atomic E-state index is -0.932. The fourth-order valence-electron chi connectivity index (χ4n) is 2.21. The summed E-state index contributed by atoms with van der Waals surface area (Å²) < 4.78 is 11.0. The van der Waals surface area contributed by atoms with Gasteiger partial charge in [0.15, 0.2) is 5.60 Å². The summed E-state index contributed by atoms with van der Waals surface area (Å²) in [6, 6.07) is 9.76. The molecule has 1 N–H and O–H groups in total. The topological polar surface area (TPSA) is 55.8 Å². The van der Waals surface area contributed by atoms with Gasteiger partial charge in [0.1, 0.15) is 0 Å². The Morgan fingerprint density at radius 2 is 2.05 bits per heavy atom. The van der Waals surface area contributed by atoms with E-state index in [1.807, 2.05) is 44.2 Å². The van der Waals surface area contributed by atoms with E-state index in [-0.39, 0.29) is 19.2 Å². The summed E-state index contributed by atoms with van der Waals surface area (Å²) in [7, 11) is 0. The van der Waals surface area contributed by atoms with E-state index in [9.17, 15) is 9.90 Å². The maximum absolute atomic E-state index is 11.8. The van der Waals surface area contributed by atoms with Crippen LogP contribution in [0, 0.1) is 0 Å². The van der Waals surface area contributed by atoms with Crippen LogP contribution in [0.4, 0.5) is 0 Å². The first-order valence-corrected chi connectivity index (χ1v) is 6.68. The van der Waals surface area contributed by atoms with Crippen molar-refractivity contribution in [1.29, 1.82) is 0 Å². The number of benzene rings is 1. The third-order valence-electron chi connectivity index (χ3n) is 3.42. The quantitative estimate of drug-likeness (QED) is 0.662. The third-order valence-corrected chi connectivity index (χ3v) is 3.42. The summed E-state index contributed by atoms with van der Waals surface area (Å²) in [5.74, 6) is -0.345. The Morgan fingerprint density at radius 1 is 1.35 bits per heavy atom. The van der Waals surface area contributed by atoms with E-state index < -0.39 is 5.60 Å². The Hall–Kier alpha value is -1.65. The summed E-state index contributed by atoms with van der Waals surface area (Å²) in [6.07, 6.45) is 0.402. The Balaban J connectivity index is 1.97. The molecule has 1 aliphatic heterocycles. The van der Waals surface area contributed by atoms with Gasteiger partial charge in [-0.2, -0.15) is 0 Å². The minimum absolute atomic E-state index is 0.195. The van der Waals surface area contributed by atoms with Crippen LogP contribution in [0.5, 0.6) is 0 Å². The molecule has 1 fully saturated rings. The number of aliphatic hydroxyl groups is 1. The third kappa shape index (κ3) is 3.26. The van der Waals surface area contributed by atoms with Crippen molar-refractivity contribution in [2.45, 2.75) is 32.5 Å². The fraction of sp³-hybridized carbons (Fsp3) is 0.438. The van der Waals surface area contributed by atoms with Crippen molar-refractivity contribution in [3.63, 3.8) is 0 Å². The molecule has 1 heterocycles. The van der Waals surface area contributed by atoms with E-state index in [2.05, 4.69) is 0 Å². The van der Waals surface area contributed by atoms with Crippen LogP contribution in [0.25, 0.3) is 0 Å². The van der Waals surface area contributed by atoms with E-state index in [4.69, 9.17) is 9.47 Å². The Labute approximate surface area is 119 Å². The lowest BCUT2D eigenvalue weighted by Gasteiger charge is -2.24. The fourth-order valence-corrected chi connectivity index (χ4v) is 2.21. The van der Waals surface area contributed by atoms with Crippen LogP contribution in [0.3, 0.4) is 0 Å². The van der Waals surface area contributed by atoms with E-state index in [0.717, 1.165) is 11.1 Å². The number of cyclic esters (lactones) is 1. The highest BCUT2D eigenvalue weighted by Crippen LogP contribution is 2.32. The van der Waals surface area contributed by atoms with Gasteiger partial charge in [-0.15, -0.1) is 0 Å². The Morgan fingerprint density at radius 3 is 2.60 bits per heavy atom. The van der Waals surface area contributed by atoms with Gasteiger partial charge < -0.3 is 14.6 Å². The highest BCUT2D eigenvalue weighted by molar-refractivity contribution is 5.92. The molecule has 1 saturated heterocycles. The molecule has 0 bridgehead atoms. The van der Waals surface area contributed by atoms with Crippen molar-refractivity contribution < 1.29 is 19.4 Å². The first kappa shape index (κ1) is 14.8. The van der Waals surface area contributed by atoms with Gasteiger partial charge in [0.05, 0.1) is 19.8 Å². The molecule has 1 aliphatic rings. The lowest BCUT2D eigenvalue weighted by Crippen LogP contribution is -2.38. The molecular weight excluding hydrogens is 256 g/mol. The van der Waals surface area contributed by atoms with Gasteiger partial charge in [-0.25, -0.2) is 4.79 Å². The number of rotatable bonds is 5. The van der Waals surface area contributed by atoms with Crippen molar-refractivity contribution in [3.05, 3.63) is 47.0 Å². The van der Waals surface area contributed by atoms with Crippen molar-refractivity contribution in [2.75, 3.05) is 13.2 Å². The number of esters is 1. The molecule has 0 spiro atoms. The molecule has 108 valence electrons. The highest BCUT2D eigenvalue weighted by Gasteiger charge is 2.44. The molecule has 2 rings (SSSR count). The summed E-state index contributed by atoms with van der Waals surface area (Å²) in [4.78, 5) is 11.8. The van der Waals surface area contributed by atoms with Gasteiger partial charge in [-0.3, -0.25) is 0 Å². The molecule has 0 aliphatic carbocycles. The van der Waals surface area contributed by atoms with Gasteiger partial charge in [0.25, 0.3) is 0 Å². The molecule has 1 atom stereocenters. The summed E-state index contributed by atoms with van der Waals surface area (Å²) in [5, 5.41) is 9.55. The number of hydrogen-bond acceptors (Lipinski definition) is 4. The predicted molar refractivity (Wildman–Crippen MR) is 75.0 cm³/mol. The van der Waals surface area contributed by atoms with Crippen LogP contribution < -0.4 is 0 Å². The number of allylic oxidation sites excluding steroid dienone is 1. The van der Waals surface area contributed by atoms with E-state index in [0.29, 0.717) is 18.6 Å². The maximum Gasteiger partial charge on any atom is 0.334 e. The molecule has 1 unspecified atom stereocenters. The number of aliphatic hydroxyl groups excluding tert-OH is 1. The number of ether oxygens (including phenoxy) is 2. The number of hydrogen-bond donors (Lipinski definition) is 1. The van der Waals surface area contributed by atoms with Gasteiger partial charge in [-0.05, 0) is 19.4 Å². The maximum atomic E-state index is 11.8. The first-order chi connectivity index (χ1) is 9.56. The van der Waals surface area contributed by atoms with E-state index in [1.54, 1.807) is 0 Å². The lowest BCUT2D eigenvalue weighted by atomic mass is 9.97. The average Bonchev–Trinajstić information content (AvgIpc) is 2.78. The van der Waals surface area contributed by atoms with Crippen LogP contribution in [-0.4, -0.2) is 29.9 Å². The number of carbonyl (C=O) groups is 1.